The molecule has 4 rings (SSSR count). The summed E-state index contributed by atoms with van der Waals surface area (Å²) in [5, 5.41) is 5.84. The number of rotatable bonds is 6. The first-order valence-electron chi connectivity index (χ1n) is 11.9. The quantitative estimate of drug-likeness (QED) is 0.656. The number of hydrogen-bond donors (Lipinski definition) is 2. The summed E-state index contributed by atoms with van der Waals surface area (Å²) in [6.07, 6.45) is 4.12. The maximum atomic E-state index is 12.8. The van der Waals surface area contributed by atoms with Gasteiger partial charge in [-0.2, -0.15) is 4.31 Å². The molecule has 9 heteroatoms. The third-order valence-corrected chi connectivity index (χ3v) is 8.43. The minimum atomic E-state index is -3.45. The Morgan fingerprint density at radius 3 is 2.15 bits per heavy atom. The average molecular weight is 485 g/mol. The maximum absolute atomic E-state index is 12.8. The van der Waals surface area contributed by atoms with Crippen LogP contribution in [0.15, 0.2) is 59.5 Å². The van der Waals surface area contributed by atoms with Crippen molar-refractivity contribution in [3.05, 3.63) is 60.2 Å². The molecule has 182 valence electrons. The minimum Gasteiger partial charge on any atom is -0.334 e. The third-order valence-electron chi connectivity index (χ3n) is 6.51. The molecule has 0 spiro atoms. The molecule has 0 aromatic heterocycles. The van der Waals surface area contributed by atoms with Gasteiger partial charge in [-0.1, -0.05) is 36.8 Å². The highest BCUT2D eigenvalue weighted by Gasteiger charge is 2.28. The number of urea groups is 1. The van der Waals surface area contributed by atoms with Gasteiger partial charge in [-0.25, -0.2) is 13.2 Å². The van der Waals surface area contributed by atoms with E-state index in [4.69, 9.17) is 0 Å². The summed E-state index contributed by atoms with van der Waals surface area (Å²) in [4.78, 5) is 27.1. The van der Waals surface area contributed by atoms with Gasteiger partial charge in [0, 0.05) is 44.3 Å². The number of carbonyl (C=O) groups excluding carboxylic acids is 2. The van der Waals surface area contributed by atoms with Crippen molar-refractivity contribution in [1.82, 2.24) is 14.5 Å². The number of likely N-dealkylation sites (tertiary alicyclic amines) is 1. The van der Waals surface area contributed by atoms with Crippen LogP contribution in [0.3, 0.4) is 0 Å². The van der Waals surface area contributed by atoms with E-state index in [9.17, 15) is 18.0 Å². The van der Waals surface area contributed by atoms with E-state index >= 15 is 0 Å². The van der Waals surface area contributed by atoms with Gasteiger partial charge in [-0.15, -0.1) is 0 Å². The number of benzene rings is 2. The number of amides is 3. The summed E-state index contributed by atoms with van der Waals surface area (Å²) >= 11 is 0. The lowest BCUT2D eigenvalue weighted by Gasteiger charge is -2.31. The molecule has 2 fully saturated rings. The topological polar surface area (TPSA) is 98.8 Å². The second-order valence-electron chi connectivity index (χ2n) is 8.88. The molecule has 2 aromatic carbocycles. The van der Waals surface area contributed by atoms with Gasteiger partial charge in [0.2, 0.25) is 15.9 Å². The molecule has 8 nitrogen and oxygen atoms in total. The summed E-state index contributed by atoms with van der Waals surface area (Å²) in [5.41, 5.74) is 1.62. The van der Waals surface area contributed by atoms with Crippen molar-refractivity contribution in [2.75, 3.05) is 31.5 Å². The predicted octanol–water partition coefficient (Wildman–Crippen LogP) is 3.42. The normalized spacial score (nSPS) is 17.8. The molecular weight excluding hydrogens is 452 g/mol. The molecule has 2 aromatic rings. The van der Waals surface area contributed by atoms with Crippen molar-refractivity contribution in [1.29, 1.82) is 0 Å². The minimum absolute atomic E-state index is 0.00847. The van der Waals surface area contributed by atoms with Gasteiger partial charge >= 0.3 is 6.03 Å². The Hall–Kier alpha value is -2.91. The summed E-state index contributed by atoms with van der Waals surface area (Å²) in [5.74, 6) is -0.121. The first-order chi connectivity index (χ1) is 16.4. The van der Waals surface area contributed by atoms with Crippen molar-refractivity contribution in [3.8, 4) is 0 Å². The second-order valence-corrected chi connectivity index (χ2v) is 10.8. The largest absolute Gasteiger partial charge is 0.334 e. The molecule has 0 unspecified atom stereocenters. The van der Waals surface area contributed by atoms with E-state index in [1.807, 2.05) is 30.3 Å². The van der Waals surface area contributed by atoms with Gasteiger partial charge in [0.05, 0.1) is 4.90 Å². The summed E-state index contributed by atoms with van der Waals surface area (Å²) < 4.78 is 27.1. The molecular formula is C25H32N4O4S. The first kappa shape index (κ1) is 24.2. The van der Waals surface area contributed by atoms with E-state index in [2.05, 4.69) is 10.6 Å². The number of carbonyl (C=O) groups is 2. The molecule has 0 radical (unpaired) electrons. The van der Waals surface area contributed by atoms with Crippen LogP contribution in [0.2, 0.25) is 0 Å². The first-order valence-corrected chi connectivity index (χ1v) is 13.4. The lowest BCUT2D eigenvalue weighted by Crippen LogP contribution is -2.45. The van der Waals surface area contributed by atoms with E-state index in [-0.39, 0.29) is 17.9 Å². The Morgan fingerprint density at radius 1 is 0.853 bits per heavy atom. The van der Waals surface area contributed by atoms with Gasteiger partial charge in [0.25, 0.3) is 0 Å². The molecule has 0 atom stereocenters. The number of para-hydroxylation sites is 1. The van der Waals surface area contributed by atoms with E-state index in [0.717, 1.165) is 30.5 Å². The molecule has 0 aliphatic carbocycles. The Bertz CT molecular complexity index is 1080. The average Bonchev–Trinajstić information content (AvgIpc) is 2.88. The Labute approximate surface area is 201 Å². The zero-order valence-electron chi connectivity index (χ0n) is 19.3. The lowest BCUT2D eigenvalue weighted by molar-refractivity contribution is -0.121. The van der Waals surface area contributed by atoms with Crippen LogP contribution in [0.5, 0.6) is 0 Å². The third kappa shape index (κ3) is 5.95. The van der Waals surface area contributed by atoms with Gasteiger partial charge in [0.15, 0.2) is 0 Å². The highest BCUT2D eigenvalue weighted by atomic mass is 32.2. The summed E-state index contributed by atoms with van der Waals surface area (Å²) in [6.45, 7) is 2.50. The fourth-order valence-electron chi connectivity index (χ4n) is 4.43. The Morgan fingerprint density at radius 2 is 1.50 bits per heavy atom. The smallest absolute Gasteiger partial charge is 0.317 e. The highest BCUT2D eigenvalue weighted by molar-refractivity contribution is 7.89. The van der Waals surface area contributed by atoms with Crippen LogP contribution in [-0.4, -0.2) is 55.7 Å². The summed E-state index contributed by atoms with van der Waals surface area (Å²) in [6, 6.07) is 15.9. The monoisotopic (exact) mass is 484 g/mol. The predicted molar refractivity (Wildman–Crippen MR) is 131 cm³/mol. The zero-order valence-corrected chi connectivity index (χ0v) is 20.1. The Kier molecular flexibility index (Phi) is 7.84. The number of nitrogens with one attached hydrogen (secondary N) is 2. The summed E-state index contributed by atoms with van der Waals surface area (Å²) in [7, 11) is -3.45. The van der Waals surface area contributed by atoms with Crippen molar-refractivity contribution in [2.45, 2.75) is 43.5 Å². The maximum Gasteiger partial charge on any atom is 0.317 e. The van der Waals surface area contributed by atoms with Crippen molar-refractivity contribution in [2.24, 2.45) is 5.92 Å². The standard InChI is InChI=1S/C25H32N4O4S/c30-24(27-22-7-3-1-4-8-22)21-13-17-28(18-14-21)25(31)26-19-20-9-11-23(12-10-20)34(32,33)29-15-5-2-6-16-29/h1,3-4,7-12,21H,2,5-6,13-19H2,(H,26,31)(H,27,30). The highest BCUT2D eigenvalue weighted by Crippen LogP contribution is 2.22. The van der Waals surface area contributed by atoms with Crippen LogP contribution in [0, 0.1) is 5.92 Å². The number of hydrogen-bond acceptors (Lipinski definition) is 4. The van der Waals surface area contributed by atoms with E-state index in [1.54, 1.807) is 33.5 Å². The fourth-order valence-corrected chi connectivity index (χ4v) is 5.95. The lowest BCUT2D eigenvalue weighted by atomic mass is 9.96. The van der Waals surface area contributed by atoms with E-state index < -0.39 is 10.0 Å². The van der Waals surface area contributed by atoms with Gasteiger partial charge in [0.1, 0.15) is 0 Å². The van der Waals surface area contributed by atoms with Gasteiger partial charge in [-0.3, -0.25) is 4.79 Å². The number of nitrogens with zero attached hydrogens (tertiary/aromatic N) is 2. The second kappa shape index (κ2) is 11.0. The fraction of sp³-hybridized carbons (Fsp3) is 0.440. The molecule has 34 heavy (non-hydrogen) atoms. The number of anilines is 1. The van der Waals surface area contributed by atoms with E-state index in [1.165, 1.54) is 0 Å². The molecule has 0 saturated carbocycles. The molecule has 3 amide bonds. The Balaban J connectivity index is 1.23. The van der Waals surface area contributed by atoms with Gasteiger partial charge in [-0.05, 0) is 55.5 Å². The molecule has 2 heterocycles. The van der Waals surface area contributed by atoms with Crippen molar-refractivity contribution < 1.29 is 18.0 Å². The number of piperidine rings is 2. The molecule has 2 saturated heterocycles. The zero-order chi connectivity index (χ0) is 24.0. The van der Waals surface area contributed by atoms with Crippen LogP contribution >= 0.6 is 0 Å². The van der Waals surface area contributed by atoms with Gasteiger partial charge < -0.3 is 15.5 Å². The van der Waals surface area contributed by atoms with Crippen LogP contribution in [-0.2, 0) is 21.4 Å². The van der Waals surface area contributed by atoms with Crippen molar-refractivity contribution in [3.63, 3.8) is 0 Å². The SMILES string of the molecule is O=C(Nc1ccccc1)C1CCN(C(=O)NCc2ccc(S(=O)(=O)N3CCCCC3)cc2)CC1. The van der Waals surface area contributed by atoms with Crippen molar-refractivity contribution >= 4 is 27.6 Å². The molecule has 2 aliphatic rings. The molecule has 0 bridgehead atoms. The number of sulfonamides is 1. The molecule has 2 aliphatic heterocycles. The van der Waals surface area contributed by atoms with Crippen LogP contribution < -0.4 is 10.6 Å². The van der Waals surface area contributed by atoms with Crippen LogP contribution in [0.1, 0.15) is 37.7 Å². The van der Waals surface area contributed by atoms with Crippen LogP contribution in [0.25, 0.3) is 0 Å². The molecule has 2 N–H and O–H groups in total. The van der Waals surface area contributed by atoms with Crippen LogP contribution in [0.4, 0.5) is 10.5 Å². The van der Waals surface area contributed by atoms with E-state index in [0.29, 0.717) is 50.5 Å².